The first-order valence-corrected chi connectivity index (χ1v) is 10.2. The van der Waals surface area contributed by atoms with Crippen molar-refractivity contribution in [2.45, 2.75) is 38.1 Å². The van der Waals surface area contributed by atoms with Gasteiger partial charge < -0.3 is 15.2 Å². The number of hydrogen-bond acceptors (Lipinski definition) is 5. The molecule has 0 saturated carbocycles. The Morgan fingerprint density at radius 1 is 1.30 bits per heavy atom. The number of rotatable bonds is 7. The van der Waals surface area contributed by atoms with Crippen molar-refractivity contribution in [3.05, 3.63) is 70.9 Å². The summed E-state index contributed by atoms with van der Waals surface area (Å²) >= 11 is 5.82. The number of alkyl halides is 3. The molecule has 0 spiro atoms. The van der Waals surface area contributed by atoms with E-state index in [0.717, 1.165) is 12.1 Å². The van der Waals surface area contributed by atoms with Gasteiger partial charge in [-0.2, -0.15) is 13.2 Å². The number of nitrogens with one attached hydrogen (secondary N) is 1. The molecule has 2 N–H and O–H groups in total. The fourth-order valence-corrected chi connectivity index (χ4v) is 3.81. The Balaban J connectivity index is 2.29. The van der Waals surface area contributed by atoms with Gasteiger partial charge in [0.2, 0.25) is 0 Å². The van der Waals surface area contributed by atoms with Gasteiger partial charge in [0.15, 0.2) is 5.60 Å². The van der Waals surface area contributed by atoms with Crippen molar-refractivity contribution < 1.29 is 27.4 Å². The number of ether oxygens (including phenoxy) is 1. The third-order valence-electron chi connectivity index (χ3n) is 5.17. The first-order chi connectivity index (χ1) is 15.4. The summed E-state index contributed by atoms with van der Waals surface area (Å²) in [7, 11) is 1.21. The molecule has 2 atom stereocenters. The van der Waals surface area contributed by atoms with Crippen LogP contribution in [0.2, 0.25) is 5.02 Å². The maximum absolute atomic E-state index is 14.4. The van der Waals surface area contributed by atoms with Crippen molar-refractivity contribution in [1.29, 1.82) is 0 Å². The summed E-state index contributed by atoms with van der Waals surface area (Å²) in [5.74, 6) is -0.613. The molecule has 0 saturated heterocycles. The average molecular weight is 484 g/mol. The molecule has 1 heterocycles. The van der Waals surface area contributed by atoms with Gasteiger partial charge >= 0.3 is 6.18 Å². The summed E-state index contributed by atoms with van der Waals surface area (Å²) < 4.78 is 62.7. The van der Waals surface area contributed by atoms with Crippen LogP contribution in [0.3, 0.4) is 0 Å². The molecule has 2 unspecified atom stereocenters. The minimum absolute atomic E-state index is 0.0758. The third kappa shape index (κ3) is 4.89. The second-order valence-corrected chi connectivity index (χ2v) is 8.20. The minimum Gasteiger partial charge on any atom is -0.496 e. The van der Waals surface area contributed by atoms with Gasteiger partial charge in [0.1, 0.15) is 17.4 Å². The van der Waals surface area contributed by atoms with Gasteiger partial charge in [0, 0.05) is 35.3 Å². The van der Waals surface area contributed by atoms with E-state index in [1.165, 1.54) is 26.3 Å². The Morgan fingerprint density at radius 3 is 2.61 bits per heavy atom. The highest BCUT2D eigenvalue weighted by molar-refractivity contribution is 6.30. The maximum Gasteiger partial charge on any atom is 0.419 e. The lowest BCUT2D eigenvalue weighted by atomic mass is 9.82. The Bertz CT molecular complexity index is 1200. The Morgan fingerprint density at radius 2 is 2.00 bits per heavy atom. The van der Waals surface area contributed by atoms with Gasteiger partial charge in [-0.25, -0.2) is 14.4 Å². The summed E-state index contributed by atoms with van der Waals surface area (Å²) in [5.41, 5.74) is -2.88. The SMILES string of the molecule is C=C(C)CC(O)(C(Nc1cccc2nc(C)ncc12)c1cc(F)c(Cl)cc1OC)C(F)(F)F. The predicted octanol–water partition coefficient (Wildman–Crippen LogP) is 6.15. The molecule has 5 nitrogen and oxygen atoms in total. The molecule has 33 heavy (non-hydrogen) atoms. The Hall–Kier alpha value is -2.91. The normalized spacial score (nSPS) is 14.6. The second-order valence-electron chi connectivity index (χ2n) is 7.80. The molecule has 1 aromatic heterocycles. The number of aryl methyl sites for hydroxylation is 1. The van der Waals surface area contributed by atoms with E-state index in [0.29, 0.717) is 16.7 Å². The molecule has 3 aromatic rings. The van der Waals surface area contributed by atoms with Crippen LogP contribution >= 0.6 is 11.6 Å². The molecule has 0 fully saturated rings. The number of halogens is 5. The highest BCUT2D eigenvalue weighted by atomic mass is 35.5. The van der Waals surface area contributed by atoms with Gasteiger partial charge in [-0.1, -0.05) is 23.2 Å². The van der Waals surface area contributed by atoms with E-state index >= 15 is 0 Å². The minimum atomic E-state index is -5.12. The van der Waals surface area contributed by atoms with Crippen LogP contribution in [0.25, 0.3) is 10.9 Å². The zero-order valence-electron chi connectivity index (χ0n) is 18.1. The molecule has 0 aliphatic heterocycles. The molecule has 0 amide bonds. The maximum atomic E-state index is 14.4. The number of hydrogen-bond donors (Lipinski definition) is 2. The van der Waals surface area contributed by atoms with Crippen LogP contribution in [-0.2, 0) is 0 Å². The lowest BCUT2D eigenvalue weighted by Gasteiger charge is -2.39. The standard InChI is InChI=1S/C23H22ClF4N3O2/c1-12(2)10-22(32,23(26,27)28)21(14-8-17(25)16(24)9-20(14)33-4)31-19-7-5-6-18-15(19)11-29-13(3)30-18/h5-9,11,21,31-32H,1,10H2,2-4H3. The number of benzene rings is 2. The number of aliphatic hydroxyl groups is 1. The Labute approximate surface area is 193 Å². The van der Waals surface area contributed by atoms with E-state index in [2.05, 4.69) is 21.9 Å². The Kier molecular flexibility index (Phi) is 6.85. The molecule has 0 bridgehead atoms. The van der Waals surface area contributed by atoms with E-state index in [4.69, 9.17) is 16.3 Å². The number of fused-ring (bicyclic) bond motifs is 1. The summed E-state index contributed by atoms with van der Waals surface area (Å²) in [4.78, 5) is 8.40. The van der Waals surface area contributed by atoms with Crippen LogP contribution in [0, 0.1) is 12.7 Å². The second kappa shape index (κ2) is 9.15. The van der Waals surface area contributed by atoms with Crippen molar-refractivity contribution >= 4 is 28.2 Å². The van der Waals surface area contributed by atoms with Crippen LogP contribution in [0.15, 0.2) is 48.7 Å². The first-order valence-electron chi connectivity index (χ1n) is 9.82. The van der Waals surface area contributed by atoms with Gasteiger partial charge in [0.05, 0.1) is 23.7 Å². The lowest BCUT2D eigenvalue weighted by molar-refractivity contribution is -0.266. The summed E-state index contributed by atoms with van der Waals surface area (Å²) in [5, 5.41) is 13.9. The number of methoxy groups -OCH3 is 1. The van der Waals surface area contributed by atoms with Crippen LogP contribution < -0.4 is 10.1 Å². The largest absolute Gasteiger partial charge is 0.496 e. The third-order valence-corrected chi connectivity index (χ3v) is 5.46. The number of anilines is 1. The van der Waals surface area contributed by atoms with Gasteiger partial charge in [-0.3, -0.25) is 0 Å². The molecular weight excluding hydrogens is 462 g/mol. The molecule has 0 radical (unpaired) electrons. The lowest BCUT2D eigenvalue weighted by Crippen LogP contribution is -2.53. The molecule has 3 rings (SSSR count). The molecule has 176 valence electrons. The van der Waals surface area contributed by atoms with Crippen LogP contribution in [0.1, 0.15) is 30.8 Å². The topological polar surface area (TPSA) is 67.3 Å². The van der Waals surface area contributed by atoms with E-state index in [1.807, 2.05) is 0 Å². The van der Waals surface area contributed by atoms with Gasteiger partial charge in [0.25, 0.3) is 0 Å². The van der Waals surface area contributed by atoms with Gasteiger partial charge in [-0.05, 0) is 32.0 Å². The number of nitrogens with zero attached hydrogens (tertiary/aromatic N) is 2. The summed E-state index contributed by atoms with van der Waals surface area (Å²) in [6, 6.07) is 4.77. The van der Waals surface area contributed by atoms with Crippen molar-refractivity contribution in [3.8, 4) is 5.75 Å². The first kappa shape index (κ1) is 24.7. The highest BCUT2D eigenvalue weighted by Crippen LogP contribution is 2.48. The van der Waals surface area contributed by atoms with E-state index in [1.54, 1.807) is 19.1 Å². The predicted molar refractivity (Wildman–Crippen MR) is 119 cm³/mol. The van der Waals surface area contributed by atoms with Crippen molar-refractivity contribution in [1.82, 2.24) is 9.97 Å². The van der Waals surface area contributed by atoms with Crippen LogP contribution in [0.4, 0.5) is 23.2 Å². The van der Waals surface area contributed by atoms with Crippen molar-refractivity contribution in [2.24, 2.45) is 0 Å². The molecule has 2 aromatic carbocycles. The van der Waals surface area contributed by atoms with E-state index < -0.39 is 30.1 Å². The number of aromatic nitrogens is 2. The van der Waals surface area contributed by atoms with Crippen molar-refractivity contribution in [3.63, 3.8) is 0 Å². The highest BCUT2D eigenvalue weighted by Gasteiger charge is 2.59. The zero-order chi connectivity index (χ0) is 24.6. The smallest absolute Gasteiger partial charge is 0.419 e. The zero-order valence-corrected chi connectivity index (χ0v) is 18.9. The quantitative estimate of drug-likeness (QED) is 0.311. The van der Waals surface area contributed by atoms with Crippen molar-refractivity contribution in [2.75, 3.05) is 12.4 Å². The fraction of sp³-hybridized carbons (Fsp3) is 0.304. The van der Waals surface area contributed by atoms with Gasteiger partial charge in [-0.15, -0.1) is 6.58 Å². The summed E-state index contributed by atoms with van der Waals surface area (Å²) in [6.07, 6.45) is -4.51. The van der Waals surface area contributed by atoms with Crippen LogP contribution in [0.5, 0.6) is 5.75 Å². The molecule has 0 aliphatic carbocycles. The molecular formula is C23H22ClF4N3O2. The van der Waals surface area contributed by atoms with E-state index in [9.17, 15) is 22.7 Å². The average Bonchev–Trinajstić information content (AvgIpc) is 2.72. The van der Waals surface area contributed by atoms with E-state index in [-0.39, 0.29) is 27.6 Å². The molecule has 10 heteroatoms. The van der Waals surface area contributed by atoms with Crippen LogP contribution in [-0.4, -0.2) is 34.0 Å². The summed E-state index contributed by atoms with van der Waals surface area (Å²) in [6.45, 7) is 6.58. The molecule has 0 aliphatic rings. The fourth-order valence-electron chi connectivity index (χ4n) is 3.66. The monoisotopic (exact) mass is 483 g/mol.